The van der Waals surface area contributed by atoms with Crippen LogP contribution in [0.2, 0.25) is 0 Å². The minimum atomic E-state index is -4.44. The Kier molecular flexibility index (Phi) is 5.71. The van der Waals surface area contributed by atoms with Crippen molar-refractivity contribution < 1.29 is 27.5 Å². The fourth-order valence-electron chi connectivity index (χ4n) is 2.75. The second-order valence-electron chi connectivity index (χ2n) is 6.90. The smallest absolute Gasteiger partial charge is 0.422 e. The van der Waals surface area contributed by atoms with Gasteiger partial charge in [0, 0.05) is 42.0 Å². The Hall–Kier alpha value is -3.17. The molecule has 1 N–H and O–H groups in total. The summed E-state index contributed by atoms with van der Waals surface area (Å²) in [5.41, 5.74) is 1.72. The van der Waals surface area contributed by atoms with E-state index in [1.165, 1.54) is 18.5 Å². The zero-order valence-electron chi connectivity index (χ0n) is 15.8. The van der Waals surface area contributed by atoms with Crippen LogP contribution in [0.5, 0.6) is 5.88 Å². The molecule has 0 saturated heterocycles. The highest BCUT2D eigenvalue weighted by Crippen LogP contribution is 2.29. The lowest BCUT2D eigenvalue weighted by atomic mass is 10.1. The van der Waals surface area contributed by atoms with Gasteiger partial charge in [-0.2, -0.15) is 13.2 Å². The number of aromatic nitrogens is 2. The van der Waals surface area contributed by atoms with Gasteiger partial charge < -0.3 is 15.0 Å². The van der Waals surface area contributed by atoms with Gasteiger partial charge in [0.1, 0.15) is 5.82 Å². The third kappa shape index (κ3) is 5.01. The molecular weight excluding hydrogens is 389 g/mol. The predicted octanol–water partition coefficient (Wildman–Crippen LogP) is 3.17. The molecule has 0 atom stereocenters. The Bertz CT molecular complexity index is 914. The van der Waals surface area contributed by atoms with E-state index in [2.05, 4.69) is 20.0 Å². The number of ether oxygens (including phenoxy) is 1. The Morgan fingerprint density at radius 3 is 2.66 bits per heavy atom. The first-order valence-corrected chi connectivity index (χ1v) is 8.86. The van der Waals surface area contributed by atoms with E-state index in [1.54, 1.807) is 30.9 Å². The van der Waals surface area contributed by atoms with Gasteiger partial charge in [-0.1, -0.05) is 19.9 Å². The van der Waals surface area contributed by atoms with E-state index in [0.717, 1.165) is 0 Å². The summed E-state index contributed by atoms with van der Waals surface area (Å²) in [5, 5.41) is 2.73. The maximum atomic E-state index is 12.7. The molecule has 0 aliphatic carbocycles. The summed E-state index contributed by atoms with van der Waals surface area (Å²) in [6.07, 6.45) is -1.61. The normalized spacial score (nSPS) is 13.6. The van der Waals surface area contributed by atoms with Crippen LogP contribution in [0.4, 0.5) is 19.0 Å². The number of carbonyl (C=O) groups is 2. The first kappa shape index (κ1) is 20.6. The monoisotopic (exact) mass is 408 g/mol. The number of rotatable bonds is 6. The van der Waals surface area contributed by atoms with Gasteiger partial charge in [0.25, 0.3) is 5.91 Å². The average Bonchev–Trinajstić information content (AvgIpc) is 2.97. The minimum Gasteiger partial charge on any atom is -0.468 e. The molecule has 1 aliphatic heterocycles. The average molecular weight is 408 g/mol. The highest BCUT2D eigenvalue weighted by Gasteiger charge is 2.31. The van der Waals surface area contributed by atoms with Crippen molar-refractivity contribution in [2.45, 2.75) is 33.1 Å². The lowest BCUT2D eigenvalue weighted by Crippen LogP contribution is -2.23. The van der Waals surface area contributed by atoms with E-state index in [1.807, 2.05) is 0 Å². The highest BCUT2D eigenvalue weighted by molar-refractivity contribution is 6.01. The number of alkyl halides is 3. The standard InChI is InChI=1S/C19H19F3N4O3/c1-11(2)17(27)25-16-14-9-26(18(28)13(14)5-6-23-16)8-12-3-4-15(24-7-12)29-10-19(20,21)22/h3-7,11H,8-10H2,1-2H3,(H,23,25,27). The van der Waals surface area contributed by atoms with Crippen LogP contribution in [0.15, 0.2) is 30.6 Å². The zero-order valence-corrected chi connectivity index (χ0v) is 15.8. The van der Waals surface area contributed by atoms with E-state index in [9.17, 15) is 22.8 Å². The van der Waals surface area contributed by atoms with Gasteiger partial charge in [0.2, 0.25) is 11.8 Å². The molecule has 2 amide bonds. The molecule has 0 unspecified atom stereocenters. The molecule has 0 bridgehead atoms. The van der Waals surface area contributed by atoms with Gasteiger partial charge in [-0.25, -0.2) is 9.97 Å². The fourth-order valence-corrected chi connectivity index (χ4v) is 2.75. The van der Waals surface area contributed by atoms with Crippen LogP contribution < -0.4 is 10.1 Å². The molecule has 10 heteroatoms. The molecule has 0 radical (unpaired) electrons. The summed E-state index contributed by atoms with van der Waals surface area (Å²) in [5.74, 6) is -0.448. The fraction of sp³-hybridized carbons (Fsp3) is 0.368. The zero-order chi connectivity index (χ0) is 21.2. The van der Waals surface area contributed by atoms with Gasteiger partial charge in [-0.3, -0.25) is 9.59 Å². The van der Waals surface area contributed by atoms with Crippen LogP contribution >= 0.6 is 0 Å². The third-order valence-electron chi connectivity index (χ3n) is 4.24. The predicted molar refractivity (Wildman–Crippen MR) is 97.1 cm³/mol. The first-order valence-electron chi connectivity index (χ1n) is 8.86. The summed E-state index contributed by atoms with van der Waals surface area (Å²) in [7, 11) is 0. The van der Waals surface area contributed by atoms with Crippen molar-refractivity contribution in [1.82, 2.24) is 14.9 Å². The van der Waals surface area contributed by atoms with Crippen LogP contribution in [0.25, 0.3) is 0 Å². The molecule has 3 heterocycles. The minimum absolute atomic E-state index is 0.148. The lowest BCUT2D eigenvalue weighted by Gasteiger charge is -2.16. The highest BCUT2D eigenvalue weighted by atomic mass is 19.4. The maximum Gasteiger partial charge on any atom is 0.422 e. The maximum absolute atomic E-state index is 12.7. The summed E-state index contributed by atoms with van der Waals surface area (Å²) < 4.78 is 41.1. The number of fused-ring (bicyclic) bond motifs is 1. The molecule has 29 heavy (non-hydrogen) atoms. The van der Waals surface area contributed by atoms with Crippen molar-refractivity contribution in [3.8, 4) is 5.88 Å². The van der Waals surface area contributed by atoms with Crippen LogP contribution in [0, 0.1) is 5.92 Å². The van der Waals surface area contributed by atoms with Crippen molar-refractivity contribution in [3.63, 3.8) is 0 Å². The van der Waals surface area contributed by atoms with Gasteiger partial charge >= 0.3 is 6.18 Å². The number of hydrogen-bond donors (Lipinski definition) is 1. The Morgan fingerprint density at radius 1 is 1.28 bits per heavy atom. The quantitative estimate of drug-likeness (QED) is 0.794. The van der Waals surface area contributed by atoms with E-state index >= 15 is 0 Å². The molecule has 2 aromatic heterocycles. The number of halogens is 3. The van der Waals surface area contributed by atoms with Crippen LogP contribution in [-0.4, -0.2) is 39.5 Å². The van der Waals surface area contributed by atoms with Crippen molar-refractivity contribution in [2.24, 2.45) is 5.92 Å². The summed E-state index contributed by atoms with van der Waals surface area (Å²) in [4.78, 5) is 34.2. The number of amides is 2. The molecular formula is C19H19F3N4O3. The molecule has 0 spiro atoms. The van der Waals surface area contributed by atoms with Crippen molar-refractivity contribution in [2.75, 3.05) is 11.9 Å². The van der Waals surface area contributed by atoms with E-state index < -0.39 is 12.8 Å². The van der Waals surface area contributed by atoms with Gasteiger partial charge in [0.15, 0.2) is 6.61 Å². The van der Waals surface area contributed by atoms with Crippen molar-refractivity contribution in [1.29, 1.82) is 0 Å². The number of anilines is 1. The molecule has 0 saturated carbocycles. The van der Waals surface area contributed by atoms with E-state index in [0.29, 0.717) is 22.5 Å². The largest absolute Gasteiger partial charge is 0.468 e. The number of nitrogens with one attached hydrogen (secondary N) is 1. The molecule has 3 rings (SSSR count). The molecule has 7 nitrogen and oxygen atoms in total. The molecule has 0 fully saturated rings. The molecule has 2 aromatic rings. The second-order valence-corrected chi connectivity index (χ2v) is 6.90. The topological polar surface area (TPSA) is 84.4 Å². The third-order valence-corrected chi connectivity index (χ3v) is 4.24. The van der Waals surface area contributed by atoms with E-state index in [4.69, 9.17) is 0 Å². The number of nitrogens with zero attached hydrogens (tertiary/aromatic N) is 3. The lowest BCUT2D eigenvalue weighted by molar-refractivity contribution is -0.154. The first-order chi connectivity index (χ1) is 13.6. The van der Waals surface area contributed by atoms with Crippen LogP contribution in [0.3, 0.4) is 0 Å². The van der Waals surface area contributed by atoms with Gasteiger partial charge in [-0.05, 0) is 11.6 Å². The van der Waals surface area contributed by atoms with Crippen LogP contribution in [0.1, 0.15) is 35.3 Å². The molecule has 154 valence electrons. The Labute approximate surface area is 164 Å². The van der Waals surface area contributed by atoms with E-state index in [-0.39, 0.29) is 36.7 Å². The second kappa shape index (κ2) is 8.06. The summed E-state index contributed by atoms with van der Waals surface area (Å²) in [6.45, 7) is 2.55. The number of pyridine rings is 2. The number of hydrogen-bond acceptors (Lipinski definition) is 5. The summed E-state index contributed by atoms with van der Waals surface area (Å²) in [6, 6.07) is 4.47. The SMILES string of the molecule is CC(C)C(=O)Nc1nccc2c1CN(Cc1ccc(OCC(F)(F)F)nc1)C2=O. The Balaban J connectivity index is 1.68. The van der Waals surface area contributed by atoms with Gasteiger partial charge in [-0.15, -0.1) is 0 Å². The van der Waals surface area contributed by atoms with Crippen LogP contribution in [-0.2, 0) is 17.9 Å². The molecule has 1 aliphatic rings. The Morgan fingerprint density at radius 2 is 2.03 bits per heavy atom. The van der Waals surface area contributed by atoms with Crippen molar-refractivity contribution in [3.05, 3.63) is 47.3 Å². The van der Waals surface area contributed by atoms with Gasteiger partial charge in [0.05, 0.1) is 6.54 Å². The van der Waals surface area contributed by atoms with Crippen molar-refractivity contribution >= 4 is 17.6 Å². The molecule has 0 aromatic carbocycles. The number of carbonyl (C=O) groups excluding carboxylic acids is 2. The summed E-state index contributed by atoms with van der Waals surface area (Å²) >= 11 is 0.